The van der Waals surface area contributed by atoms with Gasteiger partial charge in [0.15, 0.2) is 0 Å². The van der Waals surface area contributed by atoms with Gasteiger partial charge in [-0.15, -0.1) is 11.3 Å². The predicted octanol–water partition coefficient (Wildman–Crippen LogP) is 3.62. The highest BCUT2D eigenvalue weighted by atomic mass is 32.1. The van der Waals surface area contributed by atoms with E-state index in [2.05, 4.69) is 10.4 Å². The summed E-state index contributed by atoms with van der Waals surface area (Å²) >= 11 is 1.53. The lowest BCUT2D eigenvalue weighted by Crippen LogP contribution is -2.43. The molecule has 0 radical (unpaired) electrons. The summed E-state index contributed by atoms with van der Waals surface area (Å²) in [6.45, 7) is 2.36. The van der Waals surface area contributed by atoms with Gasteiger partial charge in [-0.25, -0.2) is 14.2 Å². The number of likely N-dealkylation sites (N-methyl/N-ethyl adjacent to an activating group) is 1. The summed E-state index contributed by atoms with van der Waals surface area (Å²) in [7, 11) is 1.56. The van der Waals surface area contributed by atoms with Crippen molar-refractivity contribution in [3.8, 4) is 0 Å². The van der Waals surface area contributed by atoms with Crippen LogP contribution >= 0.6 is 11.3 Å². The number of carbonyl (C=O) groups is 2. The number of benzene rings is 1. The van der Waals surface area contributed by atoms with Gasteiger partial charge in [0, 0.05) is 25.6 Å². The molecule has 0 spiro atoms. The van der Waals surface area contributed by atoms with Gasteiger partial charge in [-0.05, 0) is 23.9 Å². The van der Waals surface area contributed by atoms with E-state index in [9.17, 15) is 14.0 Å². The van der Waals surface area contributed by atoms with Crippen molar-refractivity contribution >= 4 is 29.0 Å². The summed E-state index contributed by atoms with van der Waals surface area (Å²) < 4.78 is 14.4. The molecule has 8 heteroatoms. The Hall–Kier alpha value is -2.74. The molecule has 0 fully saturated rings. The highest BCUT2D eigenvalue weighted by molar-refractivity contribution is 7.12. The number of halogens is 1. The topological polar surface area (TPSA) is 65.0 Å². The normalized spacial score (nSPS) is 16.0. The number of nitrogens with zero attached hydrogens (tertiary/aromatic N) is 3. The highest BCUT2D eigenvalue weighted by Gasteiger charge is 2.35. The minimum absolute atomic E-state index is 0.137. The molecule has 3 rings (SSSR count). The Kier molecular flexibility index (Phi) is 6.41. The molecule has 1 aliphatic rings. The lowest BCUT2D eigenvalue weighted by atomic mass is 10.0. The van der Waals surface area contributed by atoms with Crippen LogP contribution in [0.2, 0.25) is 0 Å². The van der Waals surface area contributed by atoms with Crippen LogP contribution in [0, 0.1) is 5.82 Å². The Balaban J connectivity index is 1.82. The minimum Gasteiger partial charge on any atom is -0.338 e. The number of hydrogen-bond acceptors (Lipinski definition) is 4. The first-order valence-corrected chi connectivity index (χ1v) is 10.1. The van der Waals surface area contributed by atoms with Crippen LogP contribution in [0.5, 0.6) is 0 Å². The zero-order valence-electron chi connectivity index (χ0n) is 15.9. The molecule has 1 N–H and O–H groups in total. The minimum atomic E-state index is -0.530. The van der Waals surface area contributed by atoms with Crippen molar-refractivity contribution in [1.29, 1.82) is 0 Å². The molecule has 0 saturated carbocycles. The van der Waals surface area contributed by atoms with Gasteiger partial charge in [0.2, 0.25) is 0 Å². The van der Waals surface area contributed by atoms with E-state index in [1.54, 1.807) is 25.2 Å². The lowest BCUT2D eigenvalue weighted by Gasteiger charge is -2.25. The lowest BCUT2D eigenvalue weighted by molar-refractivity contribution is -0.133. The van der Waals surface area contributed by atoms with Crippen LogP contribution in [0.3, 0.4) is 0 Å². The van der Waals surface area contributed by atoms with E-state index in [0.29, 0.717) is 18.5 Å². The zero-order valence-corrected chi connectivity index (χ0v) is 16.7. The molecule has 3 amide bonds. The second kappa shape index (κ2) is 8.97. The van der Waals surface area contributed by atoms with Crippen molar-refractivity contribution in [3.05, 3.63) is 58.0 Å². The molecule has 1 aliphatic heterocycles. The number of urea groups is 1. The first-order chi connectivity index (χ1) is 13.5. The predicted molar refractivity (Wildman–Crippen MR) is 108 cm³/mol. The summed E-state index contributed by atoms with van der Waals surface area (Å²) in [6.07, 6.45) is 1.24. The molecule has 1 aromatic carbocycles. The van der Waals surface area contributed by atoms with Crippen LogP contribution in [-0.2, 0) is 4.79 Å². The Labute approximate surface area is 167 Å². The van der Waals surface area contributed by atoms with Crippen LogP contribution in [0.1, 0.15) is 36.2 Å². The number of hydrogen-bond donors (Lipinski definition) is 1. The zero-order chi connectivity index (χ0) is 20.1. The smallest absolute Gasteiger partial charge is 0.317 e. The number of carbonyl (C=O) groups excluding carboxylic acids is 2. The third kappa shape index (κ3) is 4.39. The fourth-order valence-electron chi connectivity index (χ4n) is 3.03. The van der Waals surface area contributed by atoms with Crippen LogP contribution in [0.25, 0.3) is 0 Å². The highest BCUT2D eigenvalue weighted by Crippen LogP contribution is 2.35. The van der Waals surface area contributed by atoms with Gasteiger partial charge in [-0.3, -0.25) is 4.79 Å². The second-order valence-electron chi connectivity index (χ2n) is 6.59. The standard InChI is InChI=1S/C20H23FN4O2S/c1-3-10-22-20(27)24(2)13-19(26)25-17(14-7-4-5-8-15(14)21)12-16(23-25)18-9-6-11-28-18/h4-9,11,17H,3,10,12-13H2,1-2H3,(H,22,27)/t17-/m1/s1. The van der Waals surface area contributed by atoms with E-state index in [1.807, 2.05) is 24.4 Å². The number of rotatable bonds is 6. The maximum Gasteiger partial charge on any atom is 0.317 e. The fraction of sp³-hybridized carbons (Fsp3) is 0.350. The maximum absolute atomic E-state index is 14.4. The summed E-state index contributed by atoms with van der Waals surface area (Å²) in [6, 6.07) is 9.41. The Bertz CT molecular complexity index is 869. The van der Waals surface area contributed by atoms with E-state index in [-0.39, 0.29) is 24.3 Å². The fourth-order valence-corrected chi connectivity index (χ4v) is 3.75. The molecule has 1 aromatic heterocycles. The van der Waals surface area contributed by atoms with Crippen molar-refractivity contribution in [2.75, 3.05) is 20.1 Å². The van der Waals surface area contributed by atoms with Gasteiger partial charge in [0.05, 0.1) is 16.6 Å². The van der Waals surface area contributed by atoms with Gasteiger partial charge in [-0.1, -0.05) is 31.2 Å². The van der Waals surface area contributed by atoms with Gasteiger partial charge in [0.1, 0.15) is 12.4 Å². The summed E-state index contributed by atoms with van der Waals surface area (Å²) in [5, 5.41) is 10.5. The van der Waals surface area contributed by atoms with Crippen molar-refractivity contribution in [2.45, 2.75) is 25.8 Å². The molecule has 1 atom stereocenters. The number of nitrogens with one attached hydrogen (secondary N) is 1. The average Bonchev–Trinajstić information content (AvgIpc) is 3.36. The Morgan fingerprint density at radius 3 is 2.79 bits per heavy atom. The molecule has 0 unspecified atom stereocenters. The van der Waals surface area contributed by atoms with E-state index in [4.69, 9.17) is 0 Å². The molecule has 148 valence electrons. The maximum atomic E-state index is 14.4. The van der Waals surface area contributed by atoms with Crippen LogP contribution in [0.4, 0.5) is 9.18 Å². The van der Waals surface area contributed by atoms with Crippen LogP contribution in [-0.4, -0.2) is 47.7 Å². The van der Waals surface area contributed by atoms with Crippen molar-refractivity contribution in [1.82, 2.24) is 15.2 Å². The van der Waals surface area contributed by atoms with E-state index < -0.39 is 6.04 Å². The number of hydrazone groups is 1. The molecule has 2 aromatic rings. The summed E-state index contributed by atoms with van der Waals surface area (Å²) in [5.41, 5.74) is 1.17. The van der Waals surface area contributed by atoms with Gasteiger partial charge in [-0.2, -0.15) is 5.10 Å². The second-order valence-corrected chi connectivity index (χ2v) is 7.54. The molecule has 0 aliphatic carbocycles. The molecular weight excluding hydrogens is 379 g/mol. The molecule has 0 saturated heterocycles. The van der Waals surface area contributed by atoms with Gasteiger partial charge < -0.3 is 10.2 Å². The SMILES string of the molecule is CCCNC(=O)N(C)CC(=O)N1N=C(c2cccs2)C[C@@H]1c1ccccc1F. The summed E-state index contributed by atoms with van der Waals surface area (Å²) in [5.74, 6) is -0.726. The van der Waals surface area contributed by atoms with E-state index >= 15 is 0 Å². The molecule has 28 heavy (non-hydrogen) atoms. The average molecular weight is 402 g/mol. The van der Waals surface area contributed by atoms with Gasteiger partial charge in [0.25, 0.3) is 5.91 Å². The Morgan fingerprint density at radius 2 is 2.11 bits per heavy atom. The third-order valence-corrected chi connectivity index (χ3v) is 5.40. The number of thiophene rings is 1. The summed E-state index contributed by atoms with van der Waals surface area (Å²) in [4.78, 5) is 27.2. The van der Waals surface area contributed by atoms with Crippen molar-refractivity contribution in [2.24, 2.45) is 5.10 Å². The van der Waals surface area contributed by atoms with Crippen LogP contribution < -0.4 is 5.32 Å². The first-order valence-electron chi connectivity index (χ1n) is 9.18. The monoisotopic (exact) mass is 402 g/mol. The van der Waals surface area contributed by atoms with E-state index in [0.717, 1.165) is 17.0 Å². The van der Waals surface area contributed by atoms with Crippen molar-refractivity contribution in [3.63, 3.8) is 0 Å². The Morgan fingerprint density at radius 1 is 1.32 bits per heavy atom. The molecule has 6 nitrogen and oxygen atoms in total. The molecule has 2 heterocycles. The third-order valence-electron chi connectivity index (χ3n) is 4.48. The first kappa shape index (κ1) is 20.0. The van der Waals surface area contributed by atoms with Gasteiger partial charge >= 0.3 is 6.03 Å². The quantitative estimate of drug-likeness (QED) is 0.802. The van der Waals surface area contributed by atoms with Crippen molar-refractivity contribution < 1.29 is 14.0 Å². The molecule has 0 bridgehead atoms. The largest absolute Gasteiger partial charge is 0.338 e. The molecular formula is C20H23FN4O2S. The number of amides is 3. The van der Waals surface area contributed by atoms with E-state index in [1.165, 1.54) is 27.3 Å². The van der Waals surface area contributed by atoms with Crippen LogP contribution in [0.15, 0.2) is 46.9 Å².